The molecule has 4 aromatic rings. The number of hydrogen-bond donors (Lipinski definition) is 2. The molecule has 0 saturated heterocycles. The second-order valence-corrected chi connectivity index (χ2v) is 10.9. The number of hydrogen-bond acceptors (Lipinski definition) is 6. The molecule has 34 heavy (non-hydrogen) atoms. The molecule has 8 nitrogen and oxygen atoms in total. The molecule has 2 aromatic carbocycles. The Morgan fingerprint density at radius 3 is 2.65 bits per heavy atom. The summed E-state index contributed by atoms with van der Waals surface area (Å²) in [5, 5.41) is 14.1. The van der Waals surface area contributed by atoms with Crippen molar-refractivity contribution in [1.82, 2.24) is 14.3 Å². The summed E-state index contributed by atoms with van der Waals surface area (Å²) >= 11 is 1.49. The van der Waals surface area contributed by atoms with Gasteiger partial charge >= 0.3 is 6.09 Å². The molecule has 2 aromatic heterocycles. The van der Waals surface area contributed by atoms with E-state index in [2.05, 4.69) is 10.3 Å². The summed E-state index contributed by atoms with van der Waals surface area (Å²) in [6.07, 6.45) is 0.874. The standard InChI is InChI=1S/C24H23N3O5S2/c1-15-2-6-20(7-3-15)34(30,31)27-19(11-25-24(28)29)8-17-9-21(16-4-5-16)23(10-22(17)27)32-12-18-13-33-14-26-18/h2-3,6-10,13-14,16,25H,4-5,11-12H2,1H3,(H,28,29). The van der Waals surface area contributed by atoms with Gasteiger partial charge in [0.2, 0.25) is 0 Å². The first kappa shape index (κ1) is 22.4. The van der Waals surface area contributed by atoms with Crippen LogP contribution in [-0.4, -0.2) is 28.6 Å². The first-order chi connectivity index (χ1) is 16.3. The summed E-state index contributed by atoms with van der Waals surface area (Å²) in [7, 11) is -3.99. The van der Waals surface area contributed by atoms with E-state index in [4.69, 9.17) is 9.84 Å². The number of aromatic nitrogens is 2. The number of carboxylic acid groups (broad SMARTS) is 1. The van der Waals surface area contributed by atoms with E-state index in [1.54, 1.807) is 41.9 Å². The minimum absolute atomic E-state index is 0.128. The van der Waals surface area contributed by atoms with E-state index in [0.29, 0.717) is 22.9 Å². The average molecular weight is 498 g/mol. The van der Waals surface area contributed by atoms with Crippen LogP contribution in [0.1, 0.15) is 41.3 Å². The summed E-state index contributed by atoms with van der Waals surface area (Å²) in [5.41, 5.74) is 5.30. The predicted octanol–water partition coefficient (Wildman–Crippen LogP) is 4.87. The summed E-state index contributed by atoms with van der Waals surface area (Å²) < 4.78 is 34.8. The summed E-state index contributed by atoms with van der Waals surface area (Å²) in [4.78, 5) is 15.6. The fraction of sp³-hybridized carbons (Fsp3) is 0.250. The second kappa shape index (κ2) is 8.77. The Balaban J connectivity index is 1.66. The molecule has 2 N–H and O–H groups in total. The van der Waals surface area contributed by atoms with E-state index in [1.165, 1.54) is 15.3 Å². The molecule has 5 rings (SSSR count). The van der Waals surface area contributed by atoms with Crippen LogP contribution in [0.2, 0.25) is 0 Å². The number of nitrogens with zero attached hydrogens (tertiary/aromatic N) is 2. The van der Waals surface area contributed by atoms with E-state index in [0.717, 1.165) is 35.0 Å². The van der Waals surface area contributed by atoms with Crippen molar-refractivity contribution in [1.29, 1.82) is 0 Å². The Bertz CT molecular complexity index is 1450. The number of nitrogens with one attached hydrogen (secondary N) is 1. The number of aryl methyl sites for hydroxylation is 1. The fourth-order valence-corrected chi connectivity index (χ4v) is 6.05. The highest BCUT2D eigenvalue weighted by Crippen LogP contribution is 2.46. The van der Waals surface area contributed by atoms with Gasteiger partial charge in [-0.1, -0.05) is 17.7 Å². The van der Waals surface area contributed by atoms with E-state index >= 15 is 0 Å². The highest BCUT2D eigenvalue weighted by molar-refractivity contribution is 7.90. The molecule has 0 radical (unpaired) electrons. The minimum atomic E-state index is -3.99. The smallest absolute Gasteiger partial charge is 0.404 e. The van der Waals surface area contributed by atoms with Gasteiger partial charge < -0.3 is 15.2 Å². The van der Waals surface area contributed by atoms with Crippen molar-refractivity contribution in [2.75, 3.05) is 0 Å². The van der Waals surface area contributed by atoms with E-state index in [-0.39, 0.29) is 18.0 Å². The van der Waals surface area contributed by atoms with Crippen molar-refractivity contribution in [2.45, 2.75) is 43.7 Å². The van der Waals surface area contributed by atoms with Crippen LogP contribution in [-0.2, 0) is 23.2 Å². The molecule has 1 saturated carbocycles. The van der Waals surface area contributed by atoms with Gasteiger partial charge in [-0.2, -0.15) is 0 Å². The molecule has 1 amide bonds. The monoisotopic (exact) mass is 497 g/mol. The summed E-state index contributed by atoms with van der Waals surface area (Å²) in [6, 6.07) is 12.0. The average Bonchev–Trinajstić information content (AvgIpc) is 3.38. The first-order valence-corrected chi connectivity index (χ1v) is 13.2. The maximum Gasteiger partial charge on any atom is 0.404 e. The van der Waals surface area contributed by atoms with Crippen molar-refractivity contribution >= 4 is 38.4 Å². The van der Waals surface area contributed by atoms with Crippen LogP contribution in [0.15, 0.2) is 58.3 Å². The molecule has 0 aliphatic heterocycles. The Kier molecular flexibility index (Phi) is 5.78. The van der Waals surface area contributed by atoms with Crippen LogP contribution in [0.25, 0.3) is 10.9 Å². The quantitative estimate of drug-likeness (QED) is 0.359. The third-order valence-corrected chi connectivity index (χ3v) is 8.23. The molecule has 0 atom stereocenters. The Morgan fingerprint density at radius 1 is 1.24 bits per heavy atom. The lowest BCUT2D eigenvalue weighted by Crippen LogP contribution is -2.24. The van der Waals surface area contributed by atoms with Crippen LogP contribution >= 0.6 is 11.3 Å². The van der Waals surface area contributed by atoms with Gasteiger partial charge in [-0.3, -0.25) is 0 Å². The molecule has 1 aliphatic carbocycles. The minimum Gasteiger partial charge on any atom is -0.487 e. The fourth-order valence-electron chi connectivity index (χ4n) is 3.98. The van der Waals surface area contributed by atoms with Gasteiger partial charge in [-0.15, -0.1) is 11.3 Å². The van der Waals surface area contributed by atoms with Crippen LogP contribution in [0.3, 0.4) is 0 Å². The first-order valence-electron chi connectivity index (χ1n) is 10.8. The molecule has 1 fully saturated rings. The topological polar surface area (TPSA) is 111 Å². The summed E-state index contributed by atoms with van der Waals surface area (Å²) in [6.45, 7) is 2.02. The number of benzene rings is 2. The molecule has 2 heterocycles. The normalized spacial score (nSPS) is 13.8. The largest absolute Gasteiger partial charge is 0.487 e. The van der Waals surface area contributed by atoms with Crippen LogP contribution in [0.5, 0.6) is 5.75 Å². The van der Waals surface area contributed by atoms with Crippen LogP contribution in [0.4, 0.5) is 4.79 Å². The van der Waals surface area contributed by atoms with Gasteiger partial charge in [-0.05, 0) is 55.5 Å². The van der Waals surface area contributed by atoms with Gasteiger partial charge in [-0.25, -0.2) is 22.2 Å². The second-order valence-electron chi connectivity index (χ2n) is 8.37. The van der Waals surface area contributed by atoms with Crippen LogP contribution in [0, 0.1) is 6.92 Å². The van der Waals surface area contributed by atoms with Crippen molar-refractivity contribution in [3.63, 3.8) is 0 Å². The Labute approximate surface area is 200 Å². The summed E-state index contributed by atoms with van der Waals surface area (Å²) in [5.74, 6) is 0.992. The number of ether oxygens (including phenoxy) is 1. The maximum atomic E-state index is 13.7. The zero-order valence-electron chi connectivity index (χ0n) is 18.4. The van der Waals surface area contributed by atoms with Crippen molar-refractivity contribution in [3.8, 4) is 5.75 Å². The van der Waals surface area contributed by atoms with E-state index in [1.807, 2.05) is 18.4 Å². The lowest BCUT2D eigenvalue weighted by atomic mass is 10.1. The molecule has 1 aliphatic rings. The van der Waals surface area contributed by atoms with E-state index in [9.17, 15) is 13.2 Å². The Morgan fingerprint density at radius 2 is 2.00 bits per heavy atom. The van der Waals surface area contributed by atoms with Gasteiger partial charge in [0.25, 0.3) is 10.0 Å². The van der Waals surface area contributed by atoms with Gasteiger partial charge in [0, 0.05) is 16.8 Å². The lowest BCUT2D eigenvalue weighted by molar-refractivity contribution is 0.193. The SMILES string of the molecule is Cc1ccc(S(=O)(=O)n2c(CNC(=O)O)cc3cc(C4CC4)c(OCc4cscn4)cc32)cc1. The number of fused-ring (bicyclic) bond motifs is 1. The van der Waals surface area contributed by atoms with Gasteiger partial charge in [0.1, 0.15) is 12.4 Å². The highest BCUT2D eigenvalue weighted by Gasteiger charge is 2.30. The molecule has 10 heteroatoms. The lowest BCUT2D eigenvalue weighted by Gasteiger charge is -2.15. The molecule has 176 valence electrons. The number of amides is 1. The molecular formula is C24H23N3O5S2. The predicted molar refractivity (Wildman–Crippen MR) is 129 cm³/mol. The van der Waals surface area contributed by atoms with Crippen LogP contribution < -0.4 is 10.1 Å². The number of rotatable bonds is 8. The number of thiazole rings is 1. The van der Waals surface area contributed by atoms with Crippen molar-refractivity contribution < 1.29 is 23.1 Å². The highest BCUT2D eigenvalue weighted by atomic mass is 32.2. The third-order valence-electron chi connectivity index (χ3n) is 5.82. The van der Waals surface area contributed by atoms with Crippen molar-refractivity contribution in [3.05, 3.63) is 75.9 Å². The third kappa shape index (κ3) is 4.38. The zero-order chi connectivity index (χ0) is 23.9. The molecule has 0 unspecified atom stereocenters. The van der Waals surface area contributed by atoms with Gasteiger partial charge in [0.15, 0.2) is 0 Å². The Hall–Kier alpha value is -3.37. The van der Waals surface area contributed by atoms with Crippen molar-refractivity contribution in [2.24, 2.45) is 0 Å². The molecular weight excluding hydrogens is 474 g/mol. The maximum absolute atomic E-state index is 13.7. The zero-order valence-corrected chi connectivity index (χ0v) is 20.0. The van der Waals surface area contributed by atoms with Gasteiger partial charge in [0.05, 0.1) is 33.9 Å². The molecule has 0 bridgehead atoms. The number of carbonyl (C=O) groups is 1. The van der Waals surface area contributed by atoms with E-state index < -0.39 is 16.1 Å². The molecule has 0 spiro atoms.